The van der Waals surface area contributed by atoms with Gasteiger partial charge in [-0.15, -0.1) is 11.3 Å². The molecule has 0 radical (unpaired) electrons. The number of methoxy groups -OCH3 is 1. The molecule has 2 aromatic carbocycles. The van der Waals surface area contributed by atoms with E-state index in [1.807, 2.05) is 61.5 Å². The molecule has 1 unspecified atom stereocenters. The van der Waals surface area contributed by atoms with Crippen molar-refractivity contribution in [2.24, 2.45) is 0 Å². The zero-order valence-corrected chi connectivity index (χ0v) is 20.8. The van der Waals surface area contributed by atoms with E-state index in [4.69, 9.17) is 9.47 Å². The van der Waals surface area contributed by atoms with Crippen LogP contribution in [0.1, 0.15) is 40.3 Å². The Morgan fingerprint density at radius 2 is 1.94 bits per heavy atom. The minimum absolute atomic E-state index is 0.0624. The number of aromatic nitrogens is 1. The standard InChI is InChI=1S/C27H28N2O5S/c1-4-34-20-13-8-12-19(16-20)22-21(24(31)27(32)29(22)14-9-15-33-3)23(30)25-17(2)28-26(35-25)18-10-6-5-7-11-18/h5-8,10-13,16,22,31H,4,9,14-15H2,1-3H3. The molecule has 182 valence electrons. The largest absolute Gasteiger partial charge is 0.503 e. The van der Waals surface area contributed by atoms with Crippen molar-refractivity contribution in [1.29, 1.82) is 0 Å². The lowest BCUT2D eigenvalue weighted by atomic mass is 9.95. The first-order valence-electron chi connectivity index (χ1n) is 11.5. The van der Waals surface area contributed by atoms with E-state index < -0.39 is 23.5 Å². The van der Waals surface area contributed by atoms with Crippen LogP contribution >= 0.6 is 11.3 Å². The number of hydrogen-bond donors (Lipinski definition) is 1. The van der Waals surface area contributed by atoms with Crippen molar-refractivity contribution in [3.63, 3.8) is 0 Å². The Morgan fingerprint density at radius 1 is 1.17 bits per heavy atom. The molecule has 1 aliphatic rings. The molecule has 0 spiro atoms. The van der Waals surface area contributed by atoms with E-state index in [0.29, 0.717) is 53.1 Å². The van der Waals surface area contributed by atoms with Crippen molar-refractivity contribution in [2.45, 2.75) is 26.3 Å². The normalized spacial score (nSPS) is 15.7. The summed E-state index contributed by atoms with van der Waals surface area (Å²) in [6.07, 6.45) is 0.566. The molecule has 35 heavy (non-hydrogen) atoms. The number of amides is 1. The molecule has 0 saturated carbocycles. The van der Waals surface area contributed by atoms with Gasteiger partial charge in [-0.05, 0) is 38.0 Å². The van der Waals surface area contributed by atoms with Crippen LogP contribution in [0.3, 0.4) is 0 Å². The quantitative estimate of drug-likeness (QED) is 0.312. The molecule has 1 N–H and O–H groups in total. The summed E-state index contributed by atoms with van der Waals surface area (Å²) < 4.78 is 10.8. The smallest absolute Gasteiger partial charge is 0.290 e. The van der Waals surface area contributed by atoms with E-state index in [1.54, 1.807) is 14.0 Å². The Hall–Kier alpha value is -3.49. The summed E-state index contributed by atoms with van der Waals surface area (Å²) in [4.78, 5) is 33.5. The summed E-state index contributed by atoms with van der Waals surface area (Å²) in [7, 11) is 1.59. The molecule has 2 heterocycles. The van der Waals surface area contributed by atoms with E-state index in [-0.39, 0.29) is 5.57 Å². The molecule has 7 nitrogen and oxygen atoms in total. The van der Waals surface area contributed by atoms with Gasteiger partial charge in [0, 0.05) is 25.8 Å². The van der Waals surface area contributed by atoms with Crippen LogP contribution in [0.25, 0.3) is 10.6 Å². The number of aliphatic hydroxyl groups excluding tert-OH is 1. The van der Waals surface area contributed by atoms with Gasteiger partial charge in [0.2, 0.25) is 5.78 Å². The van der Waals surface area contributed by atoms with Gasteiger partial charge in [0.1, 0.15) is 10.8 Å². The number of carbonyl (C=O) groups excluding carboxylic acids is 2. The highest BCUT2D eigenvalue weighted by Gasteiger charge is 2.44. The summed E-state index contributed by atoms with van der Waals surface area (Å²) in [5, 5.41) is 11.6. The van der Waals surface area contributed by atoms with Crippen molar-refractivity contribution >= 4 is 23.0 Å². The number of rotatable bonds is 10. The lowest BCUT2D eigenvalue weighted by Crippen LogP contribution is -2.32. The number of aliphatic hydroxyl groups is 1. The lowest BCUT2D eigenvalue weighted by molar-refractivity contribution is -0.129. The molecule has 0 bridgehead atoms. The molecule has 3 aromatic rings. The summed E-state index contributed by atoms with van der Waals surface area (Å²) in [6.45, 7) is 4.92. The zero-order chi connectivity index (χ0) is 24.9. The molecule has 0 aliphatic carbocycles. The first-order chi connectivity index (χ1) is 17.0. The minimum atomic E-state index is -0.742. The predicted molar refractivity (Wildman–Crippen MR) is 135 cm³/mol. The maximum Gasteiger partial charge on any atom is 0.290 e. The van der Waals surface area contributed by atoms with Gasteiger partial charge in [0.05, 0.1) is 28.8 Å². The summed E-state index contributed by atoms with van der Waals surface area (Å²) in [5.41, 5.74) is 2.22. The second-order valence-electron chi connectivity index (χ2n) is 8.14. The van der Waals surface area contributed by atoms with Gasteiger partial charge < -0.3 is 19.5 Å². The molecule has 4 rings (SSSR count). The van der Waals surface area contributed by atoms with Crippen molar-refractivity contribution in [2.75, 3.05) is 26.9 Å². The Bertz CT molecular complexity index is 1250. The first kappa shape index (κ1) is 24.6. The molecule has 1 aliphatic heterocycles. The maximum absolute atomic E-state index is 13.9. The van der Waals surface area contributed by atoms with Crippen molar-refractivity contribution < 1.29 is 24.2 Å². The van der Waals surface area contributed by atoms with E-state index in [0.717, 1.165) is 5.56 Å². The fourth-order valence-corrected chi connectivity index (χ4v) is 5.24. The number of carbonyl (C=O) groups is 2. The molecule has 8 heteroatoms. The Balaban J connectivity index is 1.76. The molecule has 1 atom stereocenters. The maximum atomic E-state index is 13.9. The lowest BCUT2D eigenvalue weighted by Gasteiger charge is -2.27. The number of ether oxygens (including phenoxy) is 2. The van der Waals surface area contributed by atoms with Crippen LogP contribution in [0.15, 0.2) is 65.9 Å². The van der Waals surface area contributed by atoms with Gasteiger partial charge in [0.15, 0.2) is 5.76 Å². The zero-order valence-electron chi connectivity index (χ0n) is 20.0. The van der Waals surface area contributed by atoms with Gasteiger partial charge in [-0.1, -0.05) is 42.5 Å². The topological polar surface area (TPSA) is 89.0 Å². The highest BCUT2D eigenvalue weighted by atomic mass is 32.1. The number of aryl methyl sites for hydroxylation is 1. The summed E-state index contributed by atoms with van der Waals surface area (Å²) >= 11 is 1.26. The van der Waals surface area contributed by atoms with Crippen LogP contribution in [0.5, 0.6) is 5.75 Å². The SMILES string of the molecule is CCOc1cccc(C2C(C(=O)c3sc(-c4ccccc4)nc3C)=C(O)C(=O)N2CCCOC)c1. The van der Waals surface area contributed by atoms with Gasteiger partial charge >= 0.3 is 0 Å². The molecule has 1 aromatic heterocycles. The number of Topliss-reactive ketones (excluding diaryl/α,β-unsaturated/α-hetero) is 1. The fraction of sp³-hybridized carbons (Fsp3) is 0.296. The first-order valence-corrected chi connectivity index (χ1v) is 12.3. The summed E-state index contributed by atoms with van der Waals surface area (Å²) in [6, 6.07) is 16.2. The second-order valence-corrected chi connectivity index (χ2v) is 9.14. The van der Waals surface area contributed by atoms with E-state index in [1.165, 1.54) is 16.2 Å². The van der Waals surface area contributed by atoms with Crippen molar-refractivity contribution in [1.82, 2.24) is 9.88 Å². The van der Waals surface area contributed by atoms with Gasteiger partial charge in [-0.2, -0.15) is 0 Å². The average molecular weight is 493 g/mol. The van der Waals surface area contributed by atoms with E-state index >= 15 is 0 Å². The monoisotopic (exact) mass is 492 g/mol. The number of nitrogens with zero attached hydrogens (tertiary/aromatic N) is 2. The van der Waals surface area contributed by atoms with Gasteiger partial charge in [0.25, 0.3) is 5.91 Å². The number of ketones is 1. The van der Waals surface area contributed by atoms with E-state index in [2.05, 4.69) is 4.98 Å². The Kier molecular flexibility index (Phi) is 7.63. The highest BCUT2D eigenvalue weighted by molar-refractivity contribution is 7.17. The van der Waals surface area contributed by atoms with Crippen LogP contribution in [-0.2, 0) is 9.53 Å². The van der Waals surface area contributed by atoms with Crippen LogP contribution < -0.4 is 4.74 Å². The Labute approximate surface area is 208 Å². The van der Waals surface area contributed by atoms with Crippen LogP contribution in [0.2, 0.25) is 0 Å². The minimum Gasteiger partial charge on any atom is -0.503 e. The van der Waals surface area contributed by atoms with E-state index in [9.17, 15) is 14.7 Å². The van der Waals surface area contributed by atoms with Crippen LogP contribution in [0, 0.1) is 6.92 Å². The molecule has 0 fully saturated rings. The molecule has 1 amide bonds. The summed E-state index contributed by atoms with van der Waals surface area (Å²) in [5.74, 6) is -0.850. The third-order valence-corrected chi connectivity index (χ3v) is 7.01. The van der Waals surface area contributed by atoms with Crippen molar-refractivity contribution in [3.05, 3.63) is 82.1 Å². The van der Waals surface area contributed by atoms with Crippen LogP contribution in [0.4, 0.5) is 0 Å². The van der Waals surface area contributed by atoms with Gasteiger partial charge in [-0.25, -0.2) is 4.98 Å². The fourth-order valence-electron chi connectivity index (χ4n) is 4.22. The number of hydrogen-bond acceptors (Lipinski definition) is 7. The third kappa shape index (κ3) is 4.99. The molecule has 0 saturated heterocycles. The molecular formula is C27H28N2O5S. The predicted octanol–water partition coefficient (Wildman–Crippen LogP) is 5.13. The Morgan fingerprint density at radius 3 is 2.66 bits per heavy atom. The average Bonchev–Trinajstić information content (AvgIpc) is 3.38. The second kappa shape index (κ2) is 10.8. The number of thiazole rings is 1. The third-order valence-electron chi connectivity index (χ3n) is 5.80. The molecular weight excluding hydrogens is 464 g/mol. The highest BCUT2D eigenvalue weighted by Crippen LogP contribution is 2.41. The van der Waals surface area contributed by atoms with Gasteiger partial charge in [-0.3, -0.25) is 9.59 Å². The number of benzene rings is 2. The van der Waals surface area contributed by atoms with Crippen molar-refractivity contribution in [3.8, 4) is 16.3 Å². The van der Waals surface area contributed by atoms with Crippen LogP contribution in [-0.4, -0.2) is 53.5 Å².